The Labute approximate surface area is 84.2 Å². The first-order valence-corrected chi connectivity index (χ1v) is 4.68. The molecular formula is C11H17NO2. The number of aliphatic hydroxyl groups excluding tert-OH is 1. The van der Waals surface area contributed by atoms with Gasteiger partial charge in [-0.2, -0.15) is 0 Å². The standard InChI is InChI=1S/C11H17NO2/c1-8-9(4-3-5-10(8)14)11(2,12)6-7-13/h3-5,13-14H,6-7,12H2,1-2H3/t11-/m1/s1. The van der Waals surface area contributed by atoms with E-state index in [1.54, 1.807) is 12.1 Å². The highest BCUT2D eigenvalue weighted by atomic mass is 16.3. The number of benzene rings is 1. The molecule has 0 saturated carbocycles. The minimum Gasteiger partial charge on any atom is -0.508 e. The van der Waals surface area contributed by atoms with Gasteiger partial charge in [0.2, 0.25) is 0 Å². The summed E-state index contributed by atoms with van der Waals surface area (Å²) in [7, 11) is 0. The number of phenolic OH excluding ortho intramolecular Hbond substituents is 1. The molecule has 0 amide bonds. The van der Waals surface area contributed by atoms with E-state index in [1.807, 2.05) is 19.9 Å². The Morgan fingerprint density at radius 3 is 2.64 bits per heavy atom. The third-order valence-corrected chi connectivity index (χ3v) is 2.55. The number of phenols is 1. The smallest absolute Gasteiger partial charge is 0.118 e. The van der Waals surface area contributed by atoms with Crippen molar-refractivity contribution < 1.29 is 10.2 Å². The molecule has 3 heteroatoms. The van der Waals surface area contributed by atoms with Crippen molar-refractivity contribution in [2.24, 2.45) is 5.73 Å². The van der Waals surface area contributed by atoms with Crippen molar-refractivity contribution in [2.45, 2.75) is 25.8 Å². The normalized spacial score (nSPS) is 15.1. The minimum atomic E-state index is -0.586. The summed E-state index contributed by atoms with van der Waals surface area (Å²) in [6, 6.07) is 5.28. The lowest BCUT2D eigenvalue weighted by molar-refractivity contribution is 0.246. The monoisotopic (exact) mass is 195 g/mol. The van der Waals surface area contributed by atoms with Gasteiger partial charge in [-0.15, -0.1) is 0 Å². The topological polar surface area (TPSA) is 66.5 Å². The minimum absolute atomic E-state index is 0.0437. The van der Waals surface area contributed by atoms with Crippen molar-refractivity contribution in [3.63, 3.8) is 0 Å². The van der Waals surface area contributed by atoms with Crippen LogP contribution in [-0.4, -0.2) is 16.8 Å². The van der Waals surface area contributed by atoms with Gasteiger partial charge < -0.3 is 15.9 Å². The molecule has 0 radical (unpaired) electrons. The highest BCUT2D eigenvalue weighted by molar-refractivity contribution is 5.41. The van der Waals surface area contributed by atoms with Crippen LogP contribution in [0.4, 0.5) is 0 Å². The van der Waals surface area contributed by atoms with Crippen molar-refractivity contribution in [1.29, 1.82) is 0 Å². The molecule has 0 saturated heterocycles. The van der Waals surface area contributed by atoms with E-state index in [1.165, 1.54) is 0 Å². The average molecular weight is 195 g/mol. The van der Waals surface area contributed by atoms with Gasteiger partial charge in [0, 0.05) is 12.1 Å². The summed E-state index contributed by atoms with van der Waals surface area (Å²) in [5.41, 5.74) is 7.13. The van der Waals surface area contributed by atoms with E-state index in [0.29, 0.717) is 6.42 Å². The maximum absolute atomic E-state index is 9.51. The molecule has 0 unspecified atom stereocenters. The van der Waals surface area contributed by atoms with Crippen molar-refractivity contribution in [2.75, 3.05) is 6.61 Å². The van der Waals surface area contributed by atoms with Crippen LogP contribution in [0.3, 0.4) is 0 Å². The van der Waals surface area contributed by atoms with Crippen LogP contribution >= 0.6 is 0 Å². The molecule has 0 bridgehead atoms. The average Bonchev–Trinajstić information content (AvgIpc) is 2.09. The lowest BCUT2D eigenvalue weighted by atomic mass is 9.87. The van der Waals surface area contributed by atoms with E-state index < -0.39 is 5.54 Å². The van der Waals surface area contributed by atoms with Crippen molar-refractivity contribution in [3.05, 3.63) is 29.3 Å². The van der Waals surface area contributed by atoms with E-state index in [9.17, 15) is 5.11 Å². The zero-order valence-electron chi connectivity index (χ0n) is 8.62. The number of hydrogen-bond acceptors (Lipinski definition) is 3. The summed E-state index contributed by atoms with van der Waals surface area (Å²) in [6.07, 6.45) is 0.483. The van der Waals surface area contributed by atoms with Gasteiger partial charge in [0.1, 0.15) is 5.75 Å². The van der Waals surface area contributed by atoms with Gasteiger partial charge in [0.15, 0.2) is 0 Å². The first-order chi connectivity index (χ1) is 6.49. The van der Waals surface area contributed by atoms with Crippen molar-refractivity contribution >= 4 is 0 Å². The lowest BCUT2D eigenvalue weighted by Crippen LogP contribution is -2.34. The molecule has 3 nitrogen and oxygen atoms in total. The Balaban J connectivity index is 3.12. The van der Waals surface area contributed by atoms with Crippen molar-refractivity contribution in [3.8, 4) is 5.75 Å². The fraction of sp³-hybridized carbons (Fsp3) is 0.455. The molecule has 0 spiro atoms. The van der Waals surface area contributed by atoms with E-state index >= 15 is 0 Å². The van der Waals surface area contributed by atoms with Gasteiger partial charge in [-0.25, -0.2) is 0 Å². The van der Waals surface area contributed by atoms with E-state index in [0.717, 1.165) is 11.1 Å². The Morgan fingerprint density at radius 1 is 1.43 bits per heavy atom. The summed E-state index contributed by atoms with van der Waals surface area (Å²) in [5, 5.41) is 18.4. The number of aromatic hydroxyl groups is 1. The summed E-state index contributed by atoms with van der Waals surface area (Å²) in [5.74, 6) is 0.247. The second-order valence-corrected chi connectivity index (χ2v) is 3.84. The molecule has 1 atom stereocenters. The van der Waals surface area contributed by atoms with Crippen LogP contribution in [0.2, 0.25) is 0 Å². The molecule has 1 aromatic carbocycles. The predicted molar refractivity (Wildman–Crippen MR) is 56.1 cm³/mol. The summed E-state index contributed by atoms with van der Waals surface area (Å²) < 4.78 is 0. The van der Waals surface area contributed by atoms with Gasteiger partial charge >= 0.3 is 0 Å². The van der Waals surface area contributed by atoms with Gasteiger partial charge in [-0.05, 0) is 37.5 Å². The van der Waals surface area contributed by atoms with Crippen LogP contribution in [-0.2, 0) is 5.54 Å². The first kappa shape index (κ1) is 11.0. The summed E-state index contributed by atoms with van der Waals surface area (Å²) in [6.45, 7) is 3.72. The van der Waals surface area contributed by atoms with Gasteiger partial charge in [-0.3, -0.25) is 0 Å². The van der Waals surface area contributed by atoms with Crippen molar-refractivity contribution in [1.82, 2.24) is 0 Å². The van der Waals surface area contributed by atoms with Crippen LogP contribution in [0.1, 0.15) is 24.5 Å². The SMILES string of the molecule is Cc1c(O)cccc1[C@](C)(N)CCO. The Hall–Kier alpha value is -1.06. The lowest BCUT2D eigenvalue weighted by Gasteiger charge is -2.26. The maximum Gasteiger partial charge on any atom is 0.118 e. The third-order valence-electron chi connectivity index (χ3n) is 2.55. The van der Waals surface area contributed by atoms with Crippen LogP contribution in [0.25, 0.3) is 0 Å². The highest BCUT2D eigenvalue weighted by Crippen LogP contribution is 2.29. The molecule has 78 valence electrons. The Morgan fingerprint density at radius 2 is 2.07 bits per heavy atom. The fourth-order valence-corrected chi connectivity index (χ4v) is 1.61. The van der Waals surface area contributed by atoms with E-state index in [4.69, 9.17) is 10.8 Å². The first-order valence-electron chi connectivity index (χ1n) is 4.68. The number of rotatable bonds is 3. The predicted octanol–water partition coefficient (Wildman–Crippen LogP) is 1.26. The molecule has 0 aliphatic heterocycles. The van der Waals surface area contributed by atoms with Gasteiger partial charge in [-0.1, -0.05) is 12.1 Å². The largest absolute Gasteiger partial charge is 0.508 e. The number of hydrogen-bond donors (Lipinski definition) is 3. The number of nitrogens with two attached hydrogens (primary N) is 1. The van der Waals surface area contributed by atoms with E-state index in [2.05, 4.69) is 0 Å². The molecule has 0 heterocycles. The molecule has 0 aromatic heterocycles. The molecule has 1 rings (SSSR count). The fourth-order valence-electron chi connectivity index (χ4n) is 1.61. The molecule has 1 aromatic rings. The van der Waals surface area contributed by atoms with Crippen LogP contribution < -0.4 is 5.73 Å². The maximum atomic E-state index is 9.51. The van der Waals surface area contributed by atoms with E-state index in [-0.39, 0.29) is 12.4 Å². The van der Waals surface area contributed by atoms with Gasteiger partial charge in [0.25, 0.3) is 0 Å². The Kier molecular flexibility index (Phi) is 3.13. The summed E-state index contributed by atoms with van der Waals surface area (Å²) >= 11 is 0. The zero-order chi connectivity index (χ0) is 10.8. The van der Waals surface area contributed by atoms with Crippen LogP contribution in [0, 0.1) is 6.92 Å². The number of aliphatic hydroxyl groups is 1. The molecule has 0 fully saturated rings. The second-order valence-electron chi connectivity index (χ2n) is 3.84. The van der Waals surface area contributed by atoms with Gasteiger partial charge in [0.05, 0.1) is 0 Å². The Bertz CT molecular complexity index is 321. The van der Waals surface area contributed by atoms with Crippen LogP contribution in [0.5, 0.6) is 5.75 Å². The molecule has 0 aliphatic carbocycles. The quantitative estimate of drug-likeness (QED) is 0.680. The zero-order valence-corrected chi connectivity index (χ0v) is 8.62. The highest BCUT2D eigenvalue weighted by Gasteiger charge is 2.23. The third kappa shape index (κ3) is 2.05. The van der Waals surface area contributed by atoms with Crippen LogP contribution in [0.15, 0.2) is 18.2 Å². The molecule has 14 heavy (non-hydrogen) atoms. The summed E-state index contributed by atoms with van der Waals surface area (Å²) in [4.78, 5) is 0. The molecular weight excluding hydrogens is 178 g/mol. The second kappa shape index (κ2) is 3.98. The molecule has 0 aliphatic rings. The molecule has 4 N–H and O–H groups in total.